The average Bonchev–Trinajstić information content (AvgIpc) is 3.83. The van der Waals surface area contributed by atoms with Crippen LogP contribution in [-0.2, 0) is 6.61 Å². The number of nitrogens with zero attached hydrogens (tertiary/aromatic N) is 6. The first-order valence-electron chi connectivity index (χ1n) is 14.2. The van der Waals surface area contributed by atoms with E-state index in [9.17, 15) is 9.90 Å². The molecule has 0 spiro atoms. The van der Waals surface area contributed by atoms with Crippen LogP contribution in [0.2, 0.25) is 0 Å². The Morgan fingerprint density at radius 3 is 2.59 bits per heavy atom. The fourth-order valence-electron chi connectivity index (χ4n) is 5.22. The summed E-state index contributed by atoms with van der Waals surface area (Å²) in [5.74, 6) is 1.36. The summed E-state index contributed by atoms with van der Waals surface area (Å²) in [6.45, 7) is 5.80. The molecule has 13 heteroatoms. The maximum absolute atomic E-state index is 13.0. The van der Waals surface area contributed by atoms with E-state index < -0.39 is 0 Å². The lowest BCUT2D eigenvalue weighted by Gasteiger charge is -2.38. The first kappa shape index (κ1) is 28.8. The third-order valence-corrected chi connectivity index (χ3v) is 10.9. The Kier molecular flexibility index (Phi) is 7.57. The molecule has 1 aliphatic rings. The molecule has 1 saturated heterocycles. The number of carbonyl (C=O) groups is 1. The minimum absolute atomic E-state index is 0.0279. The number of amides is 1. The van der Waals surface area contributed by atoms with E-state index >= 15 is 0 Å². The lowest BCUT2D eigenvalue weighted by atomic mass is 9.81. The van der Waals surface area contributed by atoms with Crippen LogP contribution in [0.1, 0.15) is 40.8 Å². The SMILES string of the molecule is COc1cc(OCc2csc(-c3ccc(C(=O)N4CCC(C)(CO)CC4)cc3)n2)c2sc(-c3cn4nc(C)sc4n3)nc2c1. The number of ether oxygens (including phenoxy) is 2. The van der Waals surface area contributed by atoms with Crippen molar-refractivity contribution in [2.75, 3.05) is 26.8 Å². The first-order chi connectivity index (χ1) is 21.3. The molecule has 0 bridgehead atoms. The van der Waals surface area contributed by atoms with Crippen molar-refractivity contribution in [2.45, 2.75) is 33.3 Å². The Balaban J connectivity index is 1.05. The van der Waals surface area contributed by atoms with E-state index in [-0.39, 0.29) is 24.5 Å². The highest BCUT2D eigenvalue weighted by Gasteiger charge is 2.31. The number of thiazole rings is 2. The van der Waals surface area contributed by atoms with E-state index in [1.54, 1.807) is 23.0 Å². The Hall–Kier alpha value is -3.91. The third kappa shape index (κ3) is 5.56. The Morgan fingerprint density at radius 2 is 1.86 bits per heavy atom. The summed E-state index contributed by atoms with van der Waals surface area (Å²) in [5.41, 5.74) is 3.87. The fourth-order valence-corrected chi connectivity index (χ4v) is 7.72. The zero-order valence-corrected chi connectivity index (χ0v) is 26.9. The number of rotatable bonds is 8. The number of aryl methyl sites for hydroxylation is 1. The molecule has 6 aromatic rings. The number of aliphatic hydroxyl groups is 1. The predicted octanol–water partition coefficient (Wildman–Crippen LogP) is 6.32. The highest BCUT2D eigenvalue weighted by Crippen LogP contribution is 2.39. The van der Waals surface area contributed by atoms with Crippen molar-refractivity contribution < 1.29 is 19.4 Å². The molecule has 44 heavy (non-hydrogen) atoms. The number of fused-ring (bicyclic) bond motifs is 2. The van der Waals surface area contributed by atoms with Gasteiger partial charge < -0.3 is 19.5 Å². The average molecular weight is 647 g/mol. The number of hydrogen-bond acceptors (Lipinski definition) is 11. The van der Waals surface area contributed by atoms with Gasteiger partial charge in [-0.1, -0.05) is 30.4 Å². The van der Waals surface area contributed by atoms with E-state index in [4.69, 9.17) is 24.4 Å². The van der Waals surface area contributed by atoms with E-state index in [1.165, 1.54) is 22.7 Å². The fraction of sp³-hybridized carbons (Fsp3) is 0.323. The maximum atomic E-state index is 13.0. The molecule has 10 nitrogen and oxygen atoms in total. The van der Waals surface area contributed by atoms with Gasteiger partial charge in [0, 0.05) is 48.3 Å². The van der Waals surface area contributed by atoms with Crippen molar-refractivity contribution in [2.24, 2.45) is 5.41 Å². The van der Waals surface area contributed by atoms with Crippen molar-refractivity contribution >= 4 is 55.1 Å². The molecule has 0 aliphatic carbocycles. The van der Waals surface area contributed by atoms with Crippen LogP contribution < -0.4 is 9.47 Å². The minimum Gasteiger partial charge on any atom is -0.497 e. The van der Waals surface area contributed by atoms with Gasteiger partial charge in [0.15, 0.2) is 0 Å². The number of piperidine rings is 1. The second kappa shape index (κ2) is 11.5. The maximum Gasteiger partial charge on any atom is 0.253 e. The third-order valence-electron chi connectivity index (χ3n) is 7.97. The topological polar surface area (TPSA) is 115 Å². The monoisotopic (exact) mass is 646 g/mol. The Labute approximate surface area is 265 Å². The quantitative estimate of drug-likeness (QED) is 0.204. The van der Waals surface area contributed by atoms with Gasteiger partial charge in [-0.25, -0.2) is 19.5 Å². The molecule has 0 saturated carbocycles. The molecule has 0 atom stereocenters. The van der Waals surface area contributed by atoms with Crippen molar-refractivity contribution in [3.63, 3.8) is 0 Å². The molecule has 1 N–H and O–H groups in total. The molecule has 0 unspecified atom stereocenters. The van der Waals surface area contributed by atoms with E-state index in [0.717, 1.165) is 60.0 Å². The Morgan fingerprint density at radius 1 is 1.07 bits per heavy atom. The molecule has 0 radical (unpaired) electrons. The van der Waals surface area contributed by atoms with Gasteiger partial charge in [0.1, 0.15) is 38.8 Å². The van der Waals surface area contributed by atoms with Crippen LogP contribution in [0.25, 0.3) is 36.5 Å². The summed E-state index contributed by atoms with van der Waals surface area (Å²) >= 11 is 4.60. The lowest BCUT2D eigenvalue weighted by Crippen LogP contribution is -2.43. The summed E-state index contributed by atoms with van der Waals surface area (Å²) in [5, 5.41) is 18.7. The highest BCUT2D eigenvalue weighted by molar-refractivity contribution is 7.22. The molecule has 1 fully saturated rings. The number of likely N-dealkylation sites (tertiary alicyclic amines) is 1. The highest BCUT2D eigenvalue weighted by atomic mass is 32.1. The molecule has 1 aliphatic heterocycles. The van der Waals surface area contributed by atoms with Gasteiger partial charge in [0.2, 0.25) is 4.96 Å². The van der Waals surface area contributed by atoms with Gasteiger partial charge in [-0.3, -0.25) is 4.79 Å². The second-order valence-electron chi connectivity index (χ2n) is 11.2. The van der Waals surface area contributed by atoms with Crippen LogP contribution >= 0.6 is 34.0 Å². The van der Waals surface area contributed by atoms with Gasteiger partial charge in [-0.05, 0) is 37.3 Å². The zero-order chi connectivity index (χ0) is 30.4. The van der Waals surface area contributed by atoms with E-state index in [2.05, 4.69) is 12.0 Å². The van der Waals surface area contributed by atoms with Gasteiger partial charge >= 0.3 is 0 Å². The number of aromatic nitrogens is 5. The normalized spacial score (nSPS) is 14.9. The summed E-state index contributed by atoms with van der Waals surface area (Å²) in [6, 6.07) is 11.4. The molecule has 226 valence electrons. The predicted molar refractivity (Wildman–Crippen MR) is 173 cm³/mol. The van der Waals surface area contributed by atoms with Crippen molar-refractivity contribution in [3.8, 4) is 32.8 Å². The smallest absolute Gasteiger partial charge is 0.253 e. The number of carbonyl (C=O) groups excluding carboxylic acids is 1. The molecule has 2 aromatic carbocycles. The Bertz CT molecular complexity index is 1940. The summed E-state index contributed by atoms with van der Waals surface area (Å²) in [6.07, 6.45) is 3.52. The van der Waals surface area contributed by atoms with Crippen LogP contribution in [0.3, 0.4) is 0 Å². The van der Waals surface area contributed by atoms with Crippen LogP contribution in [0.15, 0.2) is 48.0 Å². The van der Waals surface area contributed by atoms with E-state index in [0.29, 0.717) is 30.2 Å². The first-order valence-corrected chi connectivity index (χ1v) is 16.7. The van der Waals surface area contributed by atoms with Crippen LogP contribution in [0.5, 0.6) is 11.5 Å². The van der Waals surface area contributed by atoms with Crippen molar-refractivity contribution in [1.29, 1.82) is 0 Å². The van der Waals surface area contributed by atoms with Crippen LogP contribution in [0, 0.1) is 12.3 Å². The largest absolute Gasteiger partial charge is 0.497 e. The molecular weight excluding hydrogens is 617 g/mol. The number of hydrogen-bond donors (Lipinski definition) is 1. The van der Waals surface area contributed by atoms with Crippen molar-refractivity contribution in [1.82, 2.24) is 29.5 Å². The zero-order valence-electron chi connectivity index (χ0n) is 24.4. The van der Waals surface area contributed by atoms with Crippen molar-refractivity contribution in [3.05, 3.63) is 64.2 Å². The summed E-state index contributed by atoms with van der Waals surface area (Å²) in [7, 11) is 1.63. The van der Waals surface area contributed by atoms with Crippen LogP contribution in [-0.4, -0.2) is 67.3 Å². The van der Waals surface area contributed by atoms with Gasteiger partial charge in [0.25, 0.3) is 5.91 Å². The standard InChI is InChI=1S/C31H30N6O4S3/c1-18-35-37-14-24(34-30(37)43-18)28-33-23-12-22(40-3)13-25(26(23)44-28)41-15-21-16-42-27(32-21)19-4-6-20(7-5-19)29(39)36-10-8-31(2,17-38)9-11-36/h4-7,12-14,16,38H,8-11,15,17H2,1-3H3. The number of methoxy groups -OCH3 is 1. The number of aliphatic hydroxyl groups excluding tert-OH is 1. The number of benzene rings is 2. The molecule has 1 amide bonds. The lowest BCUT2D eigenvalue weighted by molar-refractivity contribution is 0.0439. The van der Waals surface area contributed by atoms with E-state index in [1.807, 2.05) is 59.8 Å². The van der Waals surface area contributed by atoms with Gasteiger partial charge in [0.05, 0.1) is 29.2 Å². The number of imidazole rings is 1. The van der Waals surface area contributed by atoms with Gasteiger partial charge in [-0.2, -0.15) is 5.10 Å². The van der Waals surface area contributed by atoms with Gasteiger partial charge in [-0.15, -0.1) is 22.7 Å². The summed E-state index contributed by atoms with van der Waals surface area (Å²) in [4.78, 5) is 30.1. The second-order valence-corrected chi connectivity index (χ2v) is 14.3. The molecular formula is C31H30N6O4S3. The van der Waals surface area contributed by atoms with Crippen LogP contribution in [0.4, 0.5) is 0 Å². The minimum atomic E-state index is -0.0932. The molecule has 7 rings (SSSR count). The molecule has 4 aromatic heterocycles. The summed E-state index contributed by atoms with van der Waals surface area (Å²) < 4.78 is 14.5. The molecule has 5 heterocycles.